The van der Waals surface area contributed by atoms with E-state index in [2.05, 4.69) is 24.3 Å². The van der Waals surface area contributed by atoms with Crippen LogP contribution in [0.4, 0.5) is 0 Å². The molecule has 88 valence electrons. The van der Waals surface area contributed by atoms with Gasteiger partial charge < -0.3 is 5.11 Å². The Kier molecular flexibility index (Phi) is 2.52. The number of aryl methyl sites for hydroxylation is 1. The van der Waals surface area contributed by atoms with Crippen molar-refractivity contribution < 1.29 is 5.11 Å². The number of fused-ring (bicyclic) bond motifs is 1. The van der Waals surface area contributed by atoms with Crippen LogP contribution >= 0.6 is 0 Å². The predicted octanol–water partition coefficient (Wildman–Crippen LogP) is 4.52. The minimum absolute atomic E-state index is 0.380. The van der Waals surface area contributed by atoms with Gasteiger partial charge in [0.2, 0.25) is 0 Å². The summed E-state index contributed by atoms with van der Waals surface area (Å²) in [5.41, 5.74) is 3.24. The molecule has 18 heavy (non-hydrogen) atoms. The van der Waals surface area contributed by atoms with Gasteiger partial charge >= 0.3 is 0 Å². The Labute approximate surface area is 106 Å². The van der Waals surface area contributed by atoms with Crippen molar-refractivity contribution in [2.24, 2.45) is 0 Å². The highest BCUT2D eigenvalue weighted by Gasteiger charge is 2.07. The molecule has 1 nitrogen and oxygen atoms in total. The fraction of sp³-hybridized carbons (Fsp3) is 0.0588. The zero-order chi connectivity index (χ0) is 12.5. The third kappa shape index (κ3) is 1.65. The zero-order valence-electron chi connectivity index (χ0n) is 10.2. The van der Waals surface area contributed by atoms with E-state index in [0.717, 1.165) is 21.9 Å². The Morgan fingerprint density at radius 2 is 1.50 bits per heavy atom. The monoisotopic (exact) mass is 234 g/mol. The highest BCUT2D eigenvalue weighted by molar-refractivity contribution is 6.00. The molecule has 0 saturated heterocycles. The number of hydrogen-bond acceptors (Lipinski definition) is 1. The van der Waals surface area contributed by atoms with Crippen molar-refractivity contribution >= 4 is 10.8 Å². The van der Waals surface area contributed by atoms with Gasteiger partial charge in [0.15, 0.2) is 0 Å². The summed E-state index contributed by atoms with van der Waals surface area (Å²) in [5.74, 6) is 0.380. The molecule has 0 radical (unpaired) electrons. The van der Waals surface area contributed by atoms with Crippen LogP contribution in [-0.2, 0) is 0 Å². The zero-order valence-corrected chi connectivity index (χ0v) is 10.2. The van der Waals surface area contributed by atoms with E-state index in [0.29, 0.717) is 5.75 Å². The summed E-state index contributed by atoms with van der Waals surface area (Å²) in [5, 5.41) is 12.1. The van der Waals surface area contributed by atoms with Crippen LogP contribution in [0.2, 0.25) is 0 Å². The van der Waals surface area contributed by atoms with E-state index in [1.165, 1.54) is 5.56 Å². The van der Waals surface area contributed by atoms with E-state index in [1.54, 1.807) is 0 Å². The molecule has 0 unspecified atom stereocenters. The third-order valence-corrected chi connectivity index (χ3v) is 3.32. The molecule has 3 aromatic carbocycles. The normalized spacial score (nSPS) is 10.7. The topological polar surface area (TPSA) is 20.2 Å². The highest BCUT2D eigenvalue weighted by atomic mass is 16.3. The van der Waals surface area contributed by atoms with Gasteiger partial charge in [-0.3, -0.25) is 0 Å². The van der Waals surface area contributed by atoms with Crippen molar-refractivity contribution in [3.05, 3.63) is 66.2 Å². The predicted molar refractivity (Wildman–Crippen MR) is 75.8 cm³/mol. The molecule has 3 rings (SSSR count). The van der Waals surface area contributed by atoms with Crippen LogP contribution in [-0.4, -0.2) is 5.11 Å². The summed E-state index contributed by atoms with van der Waals surface area (Å²) >= 11 is 0. The number of phenolic OH excluding ortho intramolecular Hbond substituents is 1. The lowest BCUT2D eigenvalue weighted by Crippen LogP contribution is -1.83. The lowest BCUT2D eigenvalue weighted by Gasteiger charge is -2.09. The molecular weight excluding hydrogens is 220 g/mol. The molecule has 0 amide bonds. The van der Waals surface area contributed by atoms with E-state index in [4.69, 9.17) is 0 Å². The number of phenols is 1. The second-order valence-corrected chi connectivity index (χ2v) is 4.50. The fourth-order valence-corrected chi connectivity index (χ4v) is 2.32. The van der Waals surface area contributed by atoms with Crippen molar-refractivity contribution in [3.8, 4) is 16.9 Å². The molecule has 0 atom stereocenters. The van der Waals surface area contributed by atoms with Crippen LogP contribution in [0.15, 0.2) is 60.7 Å². The maximum atomic E-state index is 10.1. The molecular formula is C17H14O. The minimum atomic E-state index is 0.380. The van der Waals surface area contributed by atoms with E-state index >= 15 is 0 Å². The van der Waals surface area contributed by atoms with Crippen LogP contribution in [0.1, 0.15) is 5.56 Å². The standard InChI is InChI=1S/C17H14O/c1-12-10-11-15-14(13-6-3-2-4-7-13)8-5-9-16(15)17(12)18/h2-11,18H,1H3. The van der Waals surface area contributed by atoms with Crippen LogP contribution in [0.5, 0.6) is 5.75 Å². The first kappa shape index (κ1) is 10.8. The van der Waals surface area contributed by atoms with Gasteiger partial charge in [-0.25, -0.2) is 0 Å². The maximum absolute atomic E-state index is 10.1. The van der Waals surface area contributed by atoms with E-state index in [1.807, 2.05) is 43.3 Å². The van der Waals surface area contributed by atoms with Gasteiger partial charge in [-0.05, 0) is 29.0 Å². The summed E-state index contributed by atoms with van der Waals surface area (Å²) in [7, 11) is 0. The summed E-state index contributed by atoms with van der Waals surface area (Å²) in [6.07, 6.45) is 0. The Morgan fingerprint density at radius 1 is 0.722 bits per heavy atom. The molecule has 0 aliphatic carbocycles. The Bertz CT molecular complexity index is 699. The summed E-state index contributed by atoms with van der Waals surface area (Å²) in [6, 6.07) is 20.3. The van der Waals surface area contributed by atoms with Gasteiger partial charge in [-0.15, -0.1) is 0 Å². The average Bonchev–Trinajstić information content (AvgIpc) is 2.43. The van der Waals surface area contributed by atoms with Gasteiger partial charge in [0, 0.05) is 5.39 Å². The maximum Gasteiger partial charge on any atom is 0.126 e. The van der Waals surface area contributed by atoms with Gasteiger partial charge in [-0.2, -0.15) is 0 Å². The number of benzene rings is 3. The number of rotatable bonds is 1. The van der Waals surface area contributed by atoms with Crippen molar-refractivity contribution in [2.75, 3.05) is 0 Å². The first-order chi connectivity index (χ1) is 8.77. The fourth-order valence-electron chi connectivity index (χ4n) is 2.32. The Balaban J connectivity index is 2.35. The van der Waals surface area contributed by atoms with E-state index < -0.39 is 0 Å². The summed E-state index contributed by atoms with van der Waals surface area (Å²) in [4.78, 5) is 0. The van der Waals surface area contributed by atoms with Crippen molar-refractivity contribution in [3.63, 3.8) is 0 Å². The quantitative estimate of drug-likeness (QED) is 0.656. The second kappa shape index (κ2) is 4.19. The summed E-state index contributed by atoms with van der Waals surface area (Å²) in [6.45, 7) is 1.92. The van der Waals surface area contributed by atoms with Gasteiger partial charge in [0.25, 0.3) is 0 Å². The van der Waals surface area contributed by atoms with Crippen LogP contribution in [0.25, 0.3) is 21.9 Å². The smallest absolute Gasteiger partial charge is 0.126 e. The Morgan fingerprint density at radius 3 is 2.28 bits per heavy atom. The highest BCUT2D eigenvalue weighted by Crippen LogP contribution is 2.34. The van der Waals surface area contributed by atoms with E-state index in [-0.39, 0.29) is 0 Å². The molecule has 0 saturated carbocycles. The Hall–Kier alpha value is -2.28. The SMILES string of the molecule is Cc1ccc2c(-c3ccccc3)cccc2c1O. The first-order valence-corrected chi connectivity index (χ1v) is 6.04. The number of aromatic hydroxyl groups is 1. The molecule has 1 heteroatoms. The molecule has 0 bridgehead atoms. The van der Waals surface area contributed by atoms with E-state index in [9.17, 15) is 5.11 Å². The first-order valence-electron chi connectivity index (χ1n) is 6.04. The van der Waals surface area contributed by atoms with Gasteiger partial charge in [-0.1, -0.05) is 60.7 Å². The van der Waals surface area contributed by atoms with Gasteiger partial charge in [0.05, 0.1) is 0 Å². The largest absolute Gasteiger partial charge is 0.507 e. The van der Waals surface area contributed by atoms with Crippen molar-refractivity contribution in [1.29, 1.82) is 0 Å². The molecule has 0 spiro atoms. The van der Waals surface area contributed by atoms with Crippen molar-refractivity contribution in [1.82, 2.24) is 0 Å². The summed E-state index contributed by atoms with van der Waals surface area (Å²) < 4.78 is 0. The number of hydrogen-bond donors (Lipinski definition) is 1. The minimum Gasteiger partial charge on any atom is -0.507 e. The molecule has 0 aliphatic rings. The molecule has 1 N–H and O–H groups in total. The third-order valence-electron chi connectivity index (χ3n) is 3.32. The van der Waals surface area contributed by atoms with Crippen molar-refractivity contribution in [2.45, 2.75) is 6.92 Å². The average molecular weight is 234 g/mol. The lowest BCUT2D eigenvalue weighted by molar-refractivity contribution is 0.477. The van der Waals surface area contributed by atoms with Crippen LogP contribution < -0.4 is 0 Å². The van der Waals surface area contributed by atoms with Crippen LogP contribution in [0, 0.1) is 6.92 Å². The molecule has 0 heterocycles. The molecule has 0 fully saturated rings. The lowest BCUT2D eigenvalue weighted by atomic mass is 9.96. The molecule has 0 aliphatic heterocycles. The van der Waals surface area contributed by atoms with Crippen LogP contribution in [0.3, 0.4) is 0 Å². The van der Waals surface area contributed by atoms with Gasteiger partial charge in [0.1, 0.15) is 5.75 Å². The molecule has 3 aromatic rings. The molecule has 0 aromatic heterocycles. The second-order valence-electron chi connectivity index (χ2n) is 4.50.